The maximum Gasteiger partial charge on any atom is 0.161 e. The van der Waals surface area contributed by atoms with Crippen LogP contribution in [0.5, 0.6) is 0 Å². The molecule has 0 aliphatic heterocycles. The number of nitrogens with two attached hydrogens (primary N) is 1. The second-order valence-corrected chi connectivity index (χ2v) is 4.29. The number of hydrogen-bond donors (Lipinski definition) is 1. The molecule has 18 heavy (non-hydrogen) atoms. The number of halogens is 1. The molecule has 0 aliphatic rings. The number of nitrogen functional groups attached to an aromatic ring is 1. The van der Waals surface area contributed by atoms with Crippen LogP contribution in [0.3, 0.4) is 0 Å². The molecule has 3 rings (SSSR count). The zero-order chi connectivity index (χ0) is 12.7. The van der Waals surface area contributed by atoms with Crippen LogP contribution in [-0.4, -0.2) is 19.5 Å². The number of fused-ring (bicyclic) bond motifs is 1. The van der Waals surface area contributed by atoms with Gasteiger partial charge in [-0.2, -0.15) is 0 Å². The average Bonchev–Trinajstić information content (AvgIpc) is 2.68. The maximum absolute atomic E-state index is 5.89. The molecule has 0 saturated carbocycles. The number of anilines is 1. The molecule has 0 fully saturated rings. The summed E-state index contributed by atoms with van der Waals surface area (Å²) in [7, 11) is 1.88. The van der Waals surface area contributed by atoms with Crippen molar-refractivity contribution in [1.29, 1.82) is 0 Å². The molecule has 0 aromatic carbocycles. The molecule has 3 aromatic heterocycles. The molecule has 0 atom stereocenters. The van der Waals surface area contributed by atoms with Gasteiger partial charge >= 0.3 is 0 Å². The summed E-state index contributed by atoms with van der Waals surface area (Å²) < 4.78 is 1.86. The lowest BCUT2D eigenvalue weighted by Crippen LogP contribution is -1.99. The van der Waals surface area contributed by atoms with Crippen LogP contribution in [0.1, 0.15) is 0 Å². The Kier molecular flexibility index (Phi) is 2.41. The Morgan fingerprint density at radius 2 is 2.06 bits per heavy atom. The Labute approximate surface area is 108 Å². The Morgan fingerprint density at radius 3 is 2.83 bits per heavy atom. The Hall–Kier alpha value is -2.14. The number of hydrogen-bond acceptors (Lipinski definition) is 4. The highest BCUT2D eigenvalue weighted by Crippen LogP contribution is 2.26. The molecule has 5 nitrogen and oxygen atoms in total. The number of aryl methyl sites for hydroxylation is 1. The van der Waals surface area contributed by atoms with Gasteiger partial charge in [-0.05, 0) is 24.3 Å². The van der Waals surface area contributed by atoms with Crippen molar-refractivity contribution >= 4 is 28.6 Å². The first-order valence-electron chi connectivity index (χ1n) is 5.36. The van der Waals surface area contributed by atoms with Crippen molar-refractivity contribution in [1.82, 2.24) is 19.5 Å². The van der Waals surface area contributed by atoms with Gasteiger partial charge in [0, 0.05) is 13.2 Å². The van der Waals surface area contributed by atoms with Crippen molar-refractivity contribution in [3.63, 3.8) is 0 Å². The van der Waals surface area contributed by atoms with Crippen molar-refractivity contribution in [3.05, 3.63) is 35.6 Å². The van der Waals surface area contributed by atoms with Crippen molar-refractivity contribution in [2.45, 2.75) is 0 Å². The maximum atomic E-state index is 5.89. The molecular formula is C12H10ClN5. The van der Waals surface area contributed by atoms with Gasteiger partial charge in [0.15, 0.2) is 5.65 Å². The van der Waals surface area contributed by atoms with Gasteiger partial charge in [0.2, 0.25) is 0 Å². The second-order valence-electron chi connectivity index (χ2n) is 3.91. The van der Waals surface area contributed by atoms with Gasteiger partial charge in [0.1, 0.15) is 22.3 Å². The van der Waals surface area contributed by atoms with E-state index >= 15 is 0 Å². The van der Waals surface area contributed by atoms with Gasteiger partial charge in [-0.25, -0.2) is 15.0 Å². The van der Waals surface area contributed by atoms with Crippen molar-refractivity contribution in [3.8, 4) is 11.4 Å². The molecule has 90 valence electrons. The molecule has 0 radical (unpaired) electrons. The monoisotopic (exact) mass is 259 g/mol. The molecule has 3 aromatic rings. The summed E-state index contributed by atoms with van der Waals surface area (Å²) in [6, 6.07) is 7.25. The van der Waals surface area contributed by atoms with Gasteiger partial charge in [-0.15, -0.1) is 0 Å². The summed E-state index contributed by atoms with van der Waals surface area (Å²) in [6.07, 6.45) is 1.65. The molecule has 6 heteroatoms. The van der Waals surface area contributed by atoms with Crippen molar-refractivity contribution in [2.24, 2.45) is 7.05 Å². The summed E-state index contributed by atoms with van der Waals surface area (Å²) in [5, 5.41) is 0.441. The van der Waals surface area contributed by atoms with Gasteiger partial charge in [0.25, 0.3) is 0 Å². The van der Waals surface area contributed by atoms with Crippen molar-refractivity contribution < 1.29 is 0 Å². The average molecular weight is 260 g/mol. The molecule has 0 bridgehead atoms. The van der Waals surface area contributed by atoms with Crippen molar-refractivity contribution in [2.75, 3.05) is 5.73 Å². The fourth-order valence-electron chi connectivity index (χ4n) is 1.89. The van der Waals surface area contributed by atoms with E-state index in [-0.39, 0.29) is 0 Å². The molecule has 0 spiro atoms. The van der Waals surface area contributed by atoms with Crippen LogP contribution in [0.15, 0.2) is 30.5 Å². The largest absolute Gasteiger partial charge is 0.383 e. The summed E-state index contributed by atoms with van der Waals surface area (Å²) in [5.74, 6) is 1.17. The predicted molar refractivity (Wildman–Crippen MR) is 71.2 cm³/mol. The Balaban J connectivity index is 2.31. The minimum atomic E-state index is 0.441. The number of rotatable bonds is 1. The van der Waals surface area contributed by atoms with E-state index in [2.05, 4.69) is 15.0 Å². The standard InChI is InChI=1S/C12H10ClN5/c1-18-11(7-3-2-6-15-10(7)14)16-8-4-5-9(13)17-12(8)18/h2-6H,1H3,(H2,14,15). The van der Waals surface area contributed by atoms with Crippen LogP contribution in [0, 0.1) is 0 Å². The summed E-state index contributed by atoms with van der Waals surface area (Å²) in [4.78, 5) is 12.8. The lowest BCUT2D eigenvalue weighted by molar-refractivity contribution is 0.941. The van der Waals surface area contributed by atoms with E-state index in [0.717, 1.165) is 22.6 Å². The lowest BCUT2D eigenvalue weighted by Gasteiger charge is -2.03. The van der Waals surface area contributed by atoms with E-state index in [4.69, 9.17) is 17.3 Å². The molecular weight excluding hydrogens is 250 g/mol. The predicted octanol–water partition coefficient (Wildman–Crippen LogP) is 2.27. The van der Waals surface area contributed by atoms with E-state index < -0.39 is 0 Å². The van der Waals surface area contributed by atoms with Crippen LogP contribution in [-0.2, 0) is 7.05 Å². The van der Waals surface area contributed by atoms with E-state index in [1.165, 1.54) is 0 Å². The fraction of sp³-hybridized carbons (Fsp3) is 0.0833. The lowest BCUT2D eigenvalue weighted by atomic mass is 10.2. The minimum Gasteiger partial charge on any atom is -0.383 e. The zero-order valence-electron chi connectivity index (χ0n) is 9.63. The molecule has 0 saturated heterocycles. The van der Waals surface area contributed by atoms with Gasteiger partial charge in [-0.1, -0.05) is 11.6 Å². The van der Waals surface area contributed by atoms with Crippen LogP contribution >= 0.6 is 11.6 Å². The highest BCUT2D eigenvalue weighted by molar-refractivity contribution is 6.29. The first-order chi connectivity index (χ1) is 8.66. The number of nitrogens with zero attached hydrogens (tertiary/aromatic N) is 4. The third-order valence-electron chi connectivity index (χ3n) is 2.76. The van der Waals surface area contributed by atoms with Gasteiger partial charge < -0.3 is 10.3 Å². The Bertz CT molecular complexity index is 734. The van der Waals surface area contributed by atoms with Crippen LogP contribution in [0.2, 0.25) is 5.15 Å². The summed E-state index contributed by atoms with van der Waals surface area (Å²) in [6.45, 7) is 0. The van der Waals surface area contributed by atoms with E-state index in [1.807, 2.05) is 29.8 Å². The Morgan fingerprint density at radius 1 is 1.22 bits per heavy atom. The third kappa shape index (κ3) is 1.60. The topological polar surface area (TPSA) is 69.6 Å². The highest BCUT2D eigenvalue weighted by atomic mass is 35.5. The minimum absolute atomic E-state index is 0.441. The molecule has 2 N–H and O–H groups in total. The molecule has 0 amide bonds. The van der Waals surface area contributed by atoms with Crippen LogP contribution in [0.25, 0.3) is 22.6 Å². The van der Waals surface area contributed by atoms with Crippen LogP contribution < -0.4 is 5.73 Å². The number of aromatic nitrogens is 4. The fourth-order valence-corrected chi connectivity index (χ4v) is 2.03. The first kappa shape index (κ1) is 11.0. The normalized spacial score (nSPS) is 11.0. The quantitative estimate of drug-likeness (QED) is 0.681. The summed E-state index contributed by atoms with van der Waals surface area (Å²) in [5.41, 5.74) is 8.15. The second kappa shape index (κ2) is 3.96. The first-order valence-corrected chi connectivity index (χ1v) is 5.74. The molecule has 0 unspecified atom stereocenters. The number of pyridine rings is 2. The van der Waals surface area contributed by atoms with E-state index in [0.29, 0.717) is 11.0 Å². The zero-order valence-corrected chi connectivity index (χ0v) is 10.4. The van der Waals surface area contributed by atoms with Gasteiger partial charge in [-0.3, -0.25) is 0 Å². The highest BCUT2D eigenvalue weighted by Gasteiger charge is 2.13. The van der Waals surface area contributed by atoms with E-state index in [1.54, 1.807) is 12.3 Å². The molecule has 3 heterocycles. The molecule has 0 aliphatic carbocycles. The third-order valence-corrected chi connectivity index (χ3v) is 2.97. The smallest absolute Gasteiger partial charge is 0.161 e. The van der Waals surface area contributed by atoms with Crippen LogP contribution in [0.4, 0.5) is 5.82 Å². The SMILES string of the molecule is Cn1c(-c2cccnc2N)nc2ccc(Cl)nc21. The van der Waals surface area contributed by atoms with E-state index in [9.17, 15) is 0 Å². The van der Waals surface area contributed by atoms with Gasteiger partial charge in [0.05, 0.1) is 5.56 Å². The summed E-state index contributed by atoms with van der Waals surface area (Å²) >= 11 is 5.89. The number of imidazole rings is 1.